The Kier molecular flexibility index (Phi) is 7.82. The van der Waals surface area contributed by atoms with Crippen molar-refractivity contribution in [2.24, 2.45) is 5.41 Å². The third-order valence-electron chi connectivity index (χ3n) is 8.70. The summed E-state index contributed by atoms with van der Waals surface area (Å²) in [5.41, 5.74) is -0.0173. The van der Waals surface area contributed by atoms with Crippen LogP contribution in [0.5, 0.6) is 5.75 Å². The Morgan fingerprint density at radius 2 is 1.68 bits per heavy atom. The average molecular weight is 626 g/mol. The van der Waals surface area contributed by atoms with Crippen molar-refractivity contribution >= 4 is 23.4 Å². The number of carboxylic acid groups (broad SMARTS) is 1. The molecule has 7 nitrogen and oxygen atoms in total. The van der Waals surface area contributed by atoms with Crippen molar-refractivity contribution in [2.75, 3.05) is 25.1 Å². The molecular weight excluding hydrogens is 594 g/mol. The normalized spacial score (nSPS) is 21.9. The van der Waals surface area contributed by atoms with Crippen molar-refractivity contribution in [1.29, 1.82) is 0 Å². The highest BCUT2D eigenvalue weighted by atomic mass is 19.4. The molecule has 44 heavy (non-hydrogen) atoms. The summed E-state index contributed by atoms with van der Waals surface area (Å²) in [6, 6.07) is 3.82. The Labute approximate surface area is 250 Å². The first-order chi connectivity index (χ1) is 20.4. The van der Waals surface area contributed by atoms with Crippen molar-refractivity contribution in [3.63, 3.8) is 0 Å². The molecule has 2 atom stereocenters. The van der Waals surface area contributed by atoms with E-state index in [0.717, 1.165) is 28.0 Å². The van der Waals surface area contributed by atoms with Gasteiger partial charge >= 0.3 is 18.4 Å². The van der Waals surface area contributed by atoms with Crippen LogP contribution in [-0.2, 0) is 23.5 Å². The Hall–Kier alpha value is -3.90. The number of alkyl halides is 6. The highest BCUT2D eigenvalue weighted by molar-refractivity contribution is 5.90. The van der Waals surface area contributed by atoms with Gasteiger partial charge in [0.1, 0.15) is 17.9 Å². The van der Waals surface area contributed by atoms with Gasteiger partial charge in [-0.15, -0.1) is 0 Å². The predicted molar refractivity (Wildman–Crippen MR) is 146 cm³/mol. The standard InChI is InChI=1S/C31H32F6N2O5/c1-16-26(18-9-20(30(32,33)34)12-21(10-18)31(35,36)37)44-28(42)39(16)15-19-14-29(2,3)7-5-22(19)23-13-24-17(11-25(23)43-4)6-8-38(24)27(40)41/h9-13,16,26H,5-8,14-15H2,1-4H3,(H,40,41)/p-1/t16-,26-/m0/s1. The molecule has 0 unspecified atom stereocenters. The molecule has 1 saturated heterocycles. The van der Waals surface area contributed by atoms with E-state index in [9.17, 15) is 41.0 Å². The maximum absolute atomic E-state index is 13.5. The summed E-state index contributed by atoms with van der Waals surface area (Å²) < 4.78 is 92.3. The van der Waals surface area contributed by atoms with Gasteiger partial charge in [0.05, 0.1) is 24.3 Å². The van der Waals surface area contributed by atoms with Crippen LogP contribution in [0.1, 0.15) is 74.0 Å². The molecule has 0 spiro atoms. The molecule has 2 aliphatic heterocycles. The van der Waals surface area contributed by atoms with Crippen LogP contribution in [0.4, 0.5) is 41.6 Å². The molecule has 0 saturated carbocycles. The van der Waals surface area contributed by atoms with Gasteiger partial charge in [0.2, 0.25) is 0 Å². The summed E-state index contributed by atoms with van der Waals surface area (Å²) in [6.07, 6.45) is -11.3. The molecule has 2 aromatic rings. The van der Waals surface area contributed by atoms with Gasteiger partial charge in [-0.3, -0.25) is 4.90 Å². The first kappa shape index (κ1) is 31.5. The number of methoxy groups -OCH3 is 1. The fourth-order valence-corrected chi connectivity index (χ4v) is 6.41. The molecule has 5 rings (SSSR count). The molecule has 2 heterocycles. The van der Waals surface area contributed by atoms with Gasteiger partial charge in [-0.2, -0.15) is 26.3 Å². The number of cyclic esters (lactones) is 1. The van der Waals surface area contributed by atoms with E-state index in [0.29, 0.717) is 48.4 Å². The summed E-state index contributed by atoms with van der Waals surface area (Å²) in [4.78, 5) is 27.3. The third-order valence-corrected chi connectivity index (χ3v) is 8.70. The van der Waals surface area contributed by atoms with Gasteiger partial charge in [-0.25, -0.2) is 4.79 Å². The lowest BCUT2D eigenvalue weighted by molar-refractivity contribution is -0.246. The number of nitrogens with zero attached hydrogens (tertiary/aromatic N) is 2. The second kappa shape index (κ2) is 10.9. The molecular formula is C31H31F6N2O5-. The number of rotatable bonds is 5. The van der Waals surface area contributed by atoms with Crippen LogP contribution < -0.4 is 14.7 Å². The highest BCUT2D eigenvalue weighted by Crippen LogP contribution is 2.48. The average Bonchev–Trinajstić information content (AvgIpc) is 3.46. The van der Waals surface area contributed by atoms with Gasteiger partial charge in [0, 0.05) is 24.3 Å². The van der Waals surface area contributed by atoms with E-state index >= 15 is 0 Å². The quantitative estimate of drug-likeness (QED) is 0.335. The minimum Gasteiger partial charge on any atom is -0.530 e. The lowest BCUT2D eigenvalue weighted by Crippen LogP contribution is -2.40. The Morgan fingerprint density at radius 1 is 1.05 bits per heavy atom. The van der Waals surface area contributed by atoms with Crippen LogP contribution >= 0.6 is 0 Å². The Bertz CT molecular complexity index is 1500. The molecule has 2 amide bonds. The molecule has 2 aromatic carbocycles. The van der Waals surface area contributed by atoms with E-state index in [-0.39, 0.29) is 24.6 Å². The zero-order chi connectivity index (χ0) is 32.4. The largest absolute Gasteiger partial charge is 0.530 e. The summed E-state index contributed by atoms with van der Waals surface area (Å²) >= 11 is 0. The van der Waals surface area contributed by atoms with Crippen LogP contribution in [0.3, 0.4) is 0 Å². The van der Waals surface area contributed by atoms with Gasteiger partial charge in [0.25, 0.3) is 0 Å². The van der Waals surface area contributed by atoms with E-state index in [4.69, 9.17) is 9.47 Å². The number of allylic oxidation sites excluding steroid dienone is 1. The first-order valence-electron chi connectivity index (χ1n) is 14.1. The van der Waals surface area contributed by atoms with Crippen LogP contribution in [0.2, 0.25) is 0 Å². The number of amides is 2. The van der Waals surface area contributed by atoms with E-state index < -0.39 is 53.4 Å². The number of carbonyl (C=O) groups is 2. The summed E-state index contributed by atoms with van der Waals surface area (Å²) in [7, 11) is 1.50. The van der Waals surface area contributed by atoms with Crippen molar-refractivity contribution in [3.05, 3.63) is 63.7 Å². The SMILES string of the molecule is COc1cc2c(cc1C1=C(CN3C(=O)O[C@H](c4cc(C(F)(F)F)cc(C(F)(F)F)c4)[C@@H]3C)CC(C)(C)CC1)N(C(=O)[O-])CC2. The summed E-state index contributed by atoms with van der Waals surface area (Å²) in [6.45, 7) is 5.87. The van der Waals surface area contributed by atoms with Crippen molar-refractivity contribution in [3.8, 4) is 5.75 Å². The molecule has 13 heteroatoms. The first-order valence-corrected chi connectivity index (χ1v) is 14.1. The van der Waals surface area contributed by atoms with E-state index in [1.165, 1.54) is 18.9 Å². The lowest BCUT2D eigenvalue weighted by atomic mass is 9.72. The minimum atomic E-state index is -5.05. The Morgan fingerprint density at radius 3 is 2.25 bits per heavy atom. The number of hydrogen-bond acceptors (Lipinski definition) is 5. The highest BCUT2D eigenvalue weighted by Gasteiger charge is 2.44. The van der Waals surface area contributed by atoms with Crippen molar-refractivity contribution in [2.45, 2.75) is 71.0 Å². The van der Waals surface area contributed by atoms with Crippen molar-refractivity contribution in [1.82, 2.24) is 4.90 Å². The smallest absolute Gasteiger partial charge is 0.416 e. The number of fused-ring (bicyclic) bond motifs is 1. The molecule has 3 aliphatic rings. The van der Waals surface area contributed by atoms with Crippen LogP contribution in [0, 0.1) is 5.41 Å². The molecule has 0 radical (unpaired) electrons. The fraction of sp³-hybridized carbons (Fsp3) is 0.484. The van der Waals surface area contributed by atoms with Gasteiger partial charge in [-0.05, 0) is 90.6 Å². The number of anilines is 1. The lowest BCUT2D eigenvalue weighted by Gasteiger charge is -2.36. The van der Waals surface area contributed by atoms with Gasteiger partial charge in [-0.1, -0.05) is 13.8 Å². The number of benzene rings is 2. The second-order valence-corrected chi connectivity index (χ2v) is 12.3. The minimum absolute atomic E-state index is 0.00475. The number of carbonyl (C=O) groups excluding carboxylic acids is 2. The van der Waals surface area contributed by atoms with E-state index in [1.54, 1.807) is 12.1 Å². The molecule has 1 aliphatic carbocycles. The number of hydrogen-bond donors (Lipinski definition) is 0. The molecule has 1 fully saturated rings. The topological polar surface area (TPSA) is 82.1 Å². The number of halogens is 6. The van der Waals surface area contributed by atoms with E-state index in [2.05, 4.69) is 13.8 Å². The monoisotopic (exact) mass is 625 g/mol. The zero-order valence-electron chi connectivity index (χ0n) is 24.5. The van der Waals surface area contributed by atoms with Gasteiger partial charge in [0.15, 0.2) is 0 Å². The summed E-state index contributed by atoms with van der Waals surface area (Å²) in [5.74, 6) is 0.523. The predicted octanol–water partition coefficient (Wildman–Crippen LogP) is 6.98. The van der Waals surface area contributed by atoms with E-state index in [1.807, 2.05) is 0 Å². The number of ether oxygens (including phenoxy) is 2. The molecule has 238 valence electrons. The maximum Gasteiger partial charge on any atom is 0.416 e. The van der Waals surface area contributed by atoms with Crippen LogP contribution in [0.15, 0.2) is 35.9 Å². The maximum atomic E-state index is 13.5. The fourth-order valence-electron chi connectivity index (χ4n) is 6.41. The molecule has 0 aromatic heterocycles. The van der Waals surface area contributed by atoms with Gasteiger partial charge < -0.3 is 24.3 Å². The molecule has 0 bridgehead atoms. The Balaban J connectivity index is 1.54. The van der Waals surface area contributed by atoms with Crippen LogP contribution in [-0.4, -0.2) is 43.3 Å². The second-order valence-electron chi connectivity index (χ2n) is 12.3. The molecule has 0 N–H and O–H groups in total. The van der Waals surface area contributed by atoms with Crippen molar-refractivity contribution < 1.29 is 50.5 Å². The van der Waals surface area contributed by atoms with Crippen LogP contribution in [0.25, 0.3) is 5.57 Å². The zero-order valence-corrected chi connectivity index (χ0v) is 24.5. The third kappa shape index (κ3) is 5.92. The summed E-state index contributed by atoms with van der Waals surface area (Å²) in [5, 5.41) is 11.7.